The number of likely N-dealkylation sites (N-methyl/N-ethyl adjacent to an activating group) is 1. The third-order valence-electron chi connectivity index (χ3n) is 3.52. The van der Waals surface area contributed by atoms with E-state index in [2.05, 4.69) is 0 Å². The first-order valence-electron chi connectivity index (χ1n) is 7.38. The van der Waals surface area contributed by atoms with Crippen LogP contribution in [-0.2, 0) is 11.2 Å². The van der Waals surface area contributed by atoms with Crippen LogP contribution < -0.4 is 0 Å². The second-order valence-corrected chi connectivity index (χ2v) is 5.26. The summed E-state index contributed by atoms with van der Waals surface area (Å²) in [4.78, 5) is 12.8. The molecule has 0 atom stereocenters. The number of nitrogens with zero attached hydrogens (tertiary/aromatic N) is 1. The molecule has 1 amide bonds. The summed E-state index contributed by atoms with van der Waals surface area (Å²) >= 11 is 0. The minimum Gasteiger partial charge on any atom is -0.334 e. The van der Waals surface area contributed by atoms with E-state index in [4.69, 9.17) is 0 Å². The van der Waals surface area contributed by atoms with Crippen LogP contribution in [0.25, 0.3) is 11.1 Å². The van der Waals surface area contributed by atoms with E-state index in [1.54, 1.807) is 19.1 Å². The van der Waals surface area contributed by atoms with Crippen LogP contribution in [-0.4, -0.2) is 30.1 Å². The number of carbonyl (C=O) groups excluding carboxylic acids is 1. The van der Waals surface area contributed by atoms with Crippen molar-refractivity contribution in [3.05, 3.63) is 60.2 Å². The summed E-state index contributed by atoms with van der Waals surface area (Å²) in [5.74, 6) is -0.516. The van der Waals surface area contributed by atoms with Crippen molar-refractivity contribution in [2.24, 2.45) is 0 Å². The predicted octanol–water partition coefficient (Wildman–Crippen LogP) is 4.31. The zero-order valence-corrected chi connectivity index (χ0v) is 12.8. The lowest BCUT2D eigenvalue weighted by molar-refractivity contribution is -0.160. The number of alkyl halides is 3. The zero-order valence-electron chi connectivity index (χ0n) is 12.8. The van der Waals surface area contributed by atoms with E-state index >= 15 is 0 Å². The summed E-state index contributed by atoms with van der Waals surface area (Å²) in [7, 11) is 0. The lowest BCUT2D eigenvalue weighted by Crippen LogP contribution is -2.39. The fourth-order valence-corrected chi connectivity index (χ4v) is 2.32. The summed E-state index contributed by atoms with van der Waals surface area (Å²) in [6.45, 7) is 0.382. The molecule has 0 saturated heterocycles. The van der Waals surface area contributed by atoms with Gasteiger partial charge in [-0.25, -0.2) is 0 Å². The van der Waals surface area contributed by atoms with Gasteiger partial charge in [-0.1, -0.05) is 54.6 Å². The molecule has 0 aromatic heterocycles. The summed E-state index contributed by atoms with van der Waals surface area (Å²) in [6.07, 6.45) is -4.40. The van der Waals surface area contributed by atoms with Crippen LogP contribution in [0.1, 0.15) is 12.5 Å². The number of carbonyl (C=O) groups is 1. The van der Waals surface area contributed by atoms with Gasteiger partial charge in [-0.3, -0.25) is 4.79 Å². The summed E-state index contributed by atoms with van der Waals surface area (Å²) in [5, 5.41) is 0. The Hall–Kier alpha value is -2.30. The van der Waals surface area contributed by atoms with Gasteiger partial charge >= 0.3 is 6.18 Å². The lowest BCUT2D eigenvalue weighted by atomic mass is 10.0. The molecule has 0 aliphatic heterocycles. The molecule has 0 fully saturated rings. The van der Waals surface area contributed by atoms with Gasteiger partial charge in [-0.15, -0.1) is 0 Å². The van der Waals surface area contributed by atoms with E-state index in [1.807, 2.05) is 42.5 Å². The summed E-state index contributed by atoms with van der Waals surface area (Å²) < 4.78 is 37.3. The van der Waals surface area contributed by atoms with E-state index in [1.165, 1.54) is 0 Å². The highest BCUT2D eigenvalue weighted by molar-refractivity contribution is 5.79. The molecule has 0 spiro atoms. The zero-order chi connectivity index (χ0) is 16.9. The second kappa shape index (κ2) is 7.31. The van der Waals surface area contributed by atoms with E-state index in [0.29, 0.717) is 5.56 Å². The van der Waals surface area contributed by atoms with Crippen LogP contribution in [0.2, 0.25) is 0 Å². The molecule has 2 rings (SSSR count). The van der Waals surface area contributed by atoms with E-state index in [-0.39, 0.29) is 13.0 Å². The number of halogens is 3. The molecule has 0 saturated carbocycles. The van der Waals surface area contributed by atoms with E-state index in [9.17, 15) is 18.0 Å². The quantitative estimate of drug-likeness (QED) is 0.804. The number of benzene rings is 2. The van der Waals surface area contributed by atoms with E-state index in [0.717, 1.165) is 16.0 Å². The molecule has 2 aromatic rings. The van der Waals surface area contributed by atoms with Crippen molar-refractivity contribution < 1.29 is 18.0 Å². The maximum absolute atomic E-state index is 12.4. The van der Waals surface area contributed by atoms with Crippen molar-refractivity contribution in [2.75, 3.05) is 13.1 Å². The van der Waals surface area contributed by atoms with Gasteiger partial charge in [0.1, 0.15) is 6.54 Å². The minimum absolute atomic E-state index is 0.0288. The molecule has 5 heteroatoms. The highest BCUT2D eigenvalue weighted by atomic mass is 19.4. The summed E-state index contributed by atoms with van der Waals surface area (Å²) in [5.41, 5.74) is 2.76. The Labute approximate surface area is 133 Å². The Morgan fingerprint density at radius 1 is 0.957 bits per heavy atom. The van der Waals surface area contributed by atoms with Gasteiger partial charge in [0.2, 0.25) is 5.91 Å². The van der Waals surface area contributed by atoms with Crippen LogP contribution in [0, 0.1) is 0 Å². The normalized spacial score (nSPS) is 11.3. The first-order valence-corrected chi connectivity index (χ1v) is 7.38. The van der Waals surface area contributed by atoms with Crippen LogP contribution in [0.3, 0.4) is 0 Å². The fourth-order valence-electron chi connectivity index (χ4n) is 2.32. The monoisotopic (exact) mass is 321 g/mol. The number of hydrogen-bond acceptors (Lipinski definition) is 1. The van der Waals surface area contributed by atoms with Gasteiger partial charge in [0.25, 0.3) is 0 Å². The first-order chi connectivity index (χ1) is 10.9. The Bertz CT molecular complexity index is 636. The first kappa shape index (κ1) is 17.1. The van der Waals surface area contributed by atoms with Crippen LogP contribution >= 0.6 is 0 Å². The van der Waals surface area contributed by atoms with Crippen LogP contribution in [0.5, 0.6) is 0 Å². The highest BCUT2D eigenvalue weighted by Gasteiger charge is 2.32. The molecule has 23 heavy (non-hydrogen) atoms. The fraction of sp³-hybridized carbons (Fsp3) is 0.278. The predicted molar refractivity (Wildman–Crippen MR) is 83.9 cm³/mol. The molecule has 0 aliphatic carbocycles. The lowest BCUT2D eigenvalue weighted by Gasteiger charge is -2.22. The molecular formula is C18H18F3NO. The Balaban J connectivity index is 2.04. The molecule has 0 radical (unpaired) electrons. The SMILES string of the molecule is CCN(CC(F)(F)F)C(=O)Cc1ccc(-c2ccccc2)cc1. The molecule has 0 heterocycles. The van der Waals surface area contributed by atoms with Gasteiger partial charge in [0, 0.05) is 6.54 Å². The standard InChI is InChI=1S/C18H18F3NO/c1-2-22(13-18(19,20)21)17(23)12-14-8-10-16(11-9-14)15-6-4-3-5-7-15/h3-11H,2,12-13H2,1H3. The van der Waals surface area contributed by atoms with Crippen molar-refractivity contribution in [2.45, 2.75) is 19.5 Å². The maximum Gasteiger partial charge on any atom is 0.406 e. The molecule has 2 nitrogen and oxygen atoms in total. The average molecular weight is 321 g/mol. The van der Waals surface area contributed by atoms with Crippen molar-refractivity contribution >= 4 is 5.91 Å². The van der Waals surface area contributed by atoms with Crippen molar-refractivity contribution in [1.29, 1.82) is 0 Å². The molecular weight excluding hydrogens is 303 g/mol. The average Bonchev–Trinajstić information content (AvgIpc) is 2.53. The van der Waals surface area contributed by atoms with Crippen molar-refractivity contribution in [3.63, 3.8) is 0 Å². The topological polar surface area (TPSA) is 20.3 Å². The molecule has 0 aliphatic rings. The highest BCUT2D eigenvalue weighted by Crippen LogP contribution is 2.20. The molecule has 0 bridgehead atoms. The number of rotatable bonds is 5. The van der Waals surface area contributed by atoms with Gasteiger partial charge in [0.15, 0.2) is 0 Å². The summed E-state index contributed by atoms with van der Waals surface area (Å²) in [6, 6.07) is 17.0. The molecule has 2 aromatic carbocycles. The Kier molecular flexibility index (Phi) is 5.42. The second-order valence-electron chi connectivity index (χ2n) is 5.26. The number of amides is 1. The molecule has 122 valence electrons. The third-order valence-corrected chi connectivity index (χ3v) is 3.52. The van der Waals surface area contributed by atoms with Crippen LogP contribution in [0.4, 0.5) is 13.2 Å². The van der Waals surface area contributed by atoms with Crippen molar-refractivity contribution in [1.82, 2.24) is 4.90 Å². The maximum atomic E-state index is 12.4. The number of hydrogen-bond donors (Lipinski definition) is 0. The largest absolute Gasteiger partial charge is 0.406 e. The van der Waals surface area contributed by atoms with Gasteiger partial charge < -0.3 is 4.90 Å². The van der Waals surface area contributed by atoms with Crippen molar-refractivity contribution in [3.8, 4) is 11.1 Å². The van der Waals surface area contributed by atoms with Gasteiger partial charge in [-0.2, -0.15) is 13.2 Å². The Morgan fingerprint density at radius 2 is 1.52 bits per heavy atom. The Morgan fingerprint density at radius 3 is 2.04 bits per heavy atom. The minimum atomic E-state index is -4.37. The molecule has 0 unspecified atom stereocenters. The molecule has 0 N–H and O–H groups in total. The van der Waals surface area contributed by atoms with Crippen LogP contribution in [0.15, 0.2) is 54.6 Å². The third kappa shape index (κ3) is 5.13. The van der Waals surface area contributed by atoms with E-state index < -0.39 is 18.6 Å². The van der Waals surface area contributed by atoms with Gasteiger partial charge in [0.05, 0.1) is 6.42 Å². The van der Waals surface area contributed by atoms with Gasteiger partial charge in [-0.05, 0) is 23.6 Å². The smallest absolute Gasteiger partial charge is 0.334 e.